The Labute approximate surface area is 177 Å². The van der Waals surface area contributed by atoms with E-state index in [0.717, 1.165) is 24.2 Å². The number of anilines is 1. The number of hydrogen-bond acceptors (Lipinski definition) is 5. The van der Waals surface area contributed by atoms with Crippen LogP contribution in [-0.4, -0.2) is 61.5 Å². The van der Waals surface area contributed by atoms with E-state index in [2.05, 4.69) is 11.0 Å². The first-order chi connectivity index (χ1) is 14.4. The van der Waals surface area contributed by atoms with Gasteiger partial charge < -0.3 is 10.0 Å². The second-order valence-corrected chi connectivity index (χ2v) is 10.1. The topological polar surface area (TPSA) is 77.9 Å². The van der Waals surface area contributed by atoms with Crippen molar-refractivity contribution in [3.63, 3.8) is 0 Å². The molecule has 1 saturated heterocycles. The molecule has 1 unspecified atom stereocenters. The van der Waals surface area contributed by atoms with Gasteiger partial charge in [0, 0.05) is 18.8 Å². The fourth-order valence-electron chi connectivity index (χ4n) is 4.19. The van der Waals surface area contributed by atoms with E-state index in [4.69, 9.17) is 0 Å². The number of sulfone groups is 1. The summed E-state index contributed by atoms with van der Waals surface area (Å²) in [6, 6.07) is 16.2. The van der Waals surface area contributed by atoms with E-state index in [9.17, 15) is 18.3 Å². The Hall–Kier alpha value is -2.64. The van der Waals surface area contributed by atoms with Crippen LogP contribution in [0.25, 0.3) is 5.57 Å². The molecule has 0 bridgehead atoms. The van der Waals surface area contributed by atoms with Crippen molar-refractivity contribution < 1.29 is 18.3 Å². The zero-order chi connectivity index (χ0) is 21.1. The lowest BCUT2D eigenvalue weighted by Crippen LogP contribution is -2.47. The van der Waals surface area contributed by atoms with Gasteiger partial charge in [-0.15, -0.1) is 0 Å². The van der Waals surface area contributed by atoms with Gasteiger partial charge in [0.25, 0.3) is 0 Å². The lowest BCUT2D eigenvalue weighted by atomic mass is 9.99. The molecule has 2 aliphatic rings. The van der Waals surface area contributed by atoms with Crippen LogP contribution in [0.1, 0.15) is 18.4 Å². The number of benzene rings is 2. The van der Waals surface area contributed by atoms with E-state index in [0.29, 0.717) is 13.0 Å². The highest BCUT2D eigenvalue weighted by molar-refractivity contribution is 7.91. The predicted molar refractivity (Wildman–Crippen MR) is 118 cm³/mol. The van der Waals surface area contributed by atoms with Crippen LogP contribution in [0.5, 0.6) is 5.75 Å². The Balaban J connectivity index is 1.46. The van der Waals surface area contributed by atoms with Gasteiger partial charge in [0.05, 0.1) is 24.1 Å². The molecule has 4 rings (SSSR count). The molecule has 1 N–H and O–H groups in total. The molecule has 2 heterocycles. The van der Waals surface area contributed by atoms with E-state index in [1.54, 1.807) is 17.0 Å². The van der Waals surface area contributed by atoms with Gasteiger partial charge in [0.2, 0.25) is 5.91 Å². The molecular weight excluding hydrogens is 400 g/mol. The van der Waals surface area contributed by atoms with Crippen LogP contribution in [-0.2, 0) is 14.6 Å². The highest BCUT2D eigenvalue weighted by Crippen LogP contribution is 2.27. The second kappa shape index (κ2) is 8.62. The maximum absolute atomic E-state index is 13.2. The molecule has 158 valence electrons. The zero-order valence-corrected chi connectivity index (χ0v) is 17.6. The Morgan fingerprint density at radius 1 is 1.10 bits per heavy atom. The van der Waals surface area contributed by atoms with Crippen LogP contribution in [0, 0.1) is 0 Å². The molecule has 0 spiro atoms. The first-order valence-electron chi connectivity index (χ1n) is 10.2. The highest BCUT2D eigenvalue weighted by Gasteiger charge is 2.36. The van der Waals surface area contributed by atoms with Gasteiger partial charge in [-0.3, -0.25) is 9.69 Å². The number of para-hydroxylation sites is 1. The van der Waals surface area contributed by atoms with Crippen molar-refractivity contribution in [2.45, 2.75) is 18.9 Å². The van der Waals surface area contributed by atoms with Gasteiger partial charge >= 0.3 is 0 Å². The van der Waals surface area contributed by atoms with Gasteiger partial charge in [0.15, 0.2) is 9.84 Å². The summed E-state index contributed by atoms with van der Waals surface area (Å²) in [4.78, 5) is 17.0. The Kier molecular flexibility index (Phi) is 5.92. The highest BCUT2D eigenvalue weighted by atomic mass is 32.2. The van der Waals surface area contributed by atoms with Gasteiger partial charge in [-0.1, -0.05) is 36.4 Å². The molecular formula is C23H26N2O4S. The molecule has 2 aliphatic heterocycles. The molecule has 30 heavy (non-hydrogen) atoms. The smallest absolute Gasteiger partial charge is 0.241 e. The summed E-state index contributed by atoms with van der Waals surface area (Å²) in [5, 5.41) is 9.46. The minimum atomic E-state index is -3.09. The van der Waals surface area contributed by atoms with Crippen LogP contribution < -0.4 is 4.90 Å². The van der Waals surface area contributed by atoms with E-state index in [1.165, 1.54) is 5.57 Å². The first kappa shape index (κ1) is 20.6. The maximum atomic E-state index is 13.2. The van der Waals surface area contributed by atoms with Crippen LogP contribution >= 0.6 is 0 Å². The number of nitrogens with zero attached hydrogens (tertiary/aromatic N) is 2. The Morgan fingerprint density at radius 3 is 2.43 bits per heavy atom. The lowest BCUT2D eigenvalue weighted by molar-refractivity contribution is -0.120. The third-order valence-electron chi connectivity index (χ3n) is 5.77. The standard InChI is InChI=1S/C23H26N2O4S/c26-22-8-6-18(7-9-22)19-10-13-24(14-11-19)16-23(27)25(20-4-2-1-3-5-20)21-12-15-30(28,29)17-21/h1-10,21,26H,11-17H2. The quantitative estimate of drug-likeness (QED) is 0.795. The molecule has 1 amide bonds. The molecule has 1 atom stereocenters. The number of rotatable bonds is 5. The molecule has 2 aromatic carbocycles. The molecule has 6 nitrogen and oxygen atoms in total. The van der Waals surface area contributed by atoms with E-state index >= 15 is 0 Å². The van der Waals surface area contributed by atoms with Crippen molar-refractivity contribution in [1.82, 2.24) is 4.90 Å². The normalized spacial score (nSPS) is 21.2. The van der Waals surface area contributed by atoms with E-state index in [-0.39, 0.29) is 35.7 Å². The average Bonchev–Trinajstić information content (AvgIpc) is 3.09. The van der Waals surface area contributed by atoms with Crippen LogP contribution in [0.2, 0.25) is 0 Å². The Bertz CT molecular complexity index is 1030. The maximum Gasteiger partial charge on any atom is 0.241 e. The zero-order valence-electron chi connectivity index (χ0n) is 16.8. The lowest BCUT2D eigenvalue weighted by Gasteiger charge is -2.32. The first-order valence-corrected chi connectivity index (χ1v) is 12.0. The molecule has 0 aromatic heterocycles. The van der Waals surface area contributed by atoms with E-state index in [1.807, 2.05) is 42.5 Å². The summed E-state index contributed by atoms with van der Waals surface area (Å²) in [6.07, 6.45) is 3.42. The minimum absolute atomic E-state index is 0.0263. The fraction of sp³-hybridized carbons (Fsp3) is 0.348. The second-order valence-electron chi connectivity index (χ2n) is 7.92. The number of phenols is 1. The Morgan fingerprint density at radius 2 is 1.83 bits per heavy atom. The average molecular weight is 427 g/mol. The largest absolute Gasteiger partial charge is 0.508 e. The minimum Gasteiger partial charge on any atom is -0.508 e. The molecule has 2 aromatic rings. The fourth-order valence-corrected chi connectivity index (χ4v) is 5.89. The van der Waals surface area contributed by atoms with E-state index < -0.39 is 9.84 Å². The number of aromatic hydroxyl groups is 1. The molecule has 0 aliphatic carbocycles. The number of phenolic OH excluding ortho intramolecular Hbond substituents is 1. The summed E-state index contributed by atoms with van der Waals surface area (Å²) in [6.45, 7) is 1.67. The summed E-state index contributed by atoms with van der Waals surface area (Å²) in [5.74, 6) is 0.344. The van der Waals surface area contributed by atoms with Crippen LogP contribution in [0.3, 0.4) is 0 Å². The molecule has 7 heteroatoms. The van der Waals surface area contributed by atoms with Crippen molar-refractivity contribution in [2.75, 3.05) is 36.0 Å². The number of carbonyl (C=O) groups excluding carboxylic acids is 1. The summed E-state index contributed by atoms with van der Waals surface area (Å²) >= 11 is 0. The third-order valence-corrected chi connectivity index (χ3v) is 7.52. The molecule has 1 fully saturated rings. The molecule has 0 saturated carbocycles. The monoisotopic (exact) mass is 426 g/mol. The van der Waals surface area contributed by atoms with Gasteiger partial charge in [-0.2, -0.15) is 0 Å². The SMILES string of the molecule is O=C(CN1CC=C(c2ccc(O)cc2)CC1)N(c1ccccc1)C1CCS(=O)(=O)C1. The van der Waals surface area contributed by atoms with Gasteiger partial charge in [0.1, 0.15) is 5.75 Å². The van der Waals surface area contributed by atoms with Gasteiger partial charge in [-0.25, -0.2) is 8.42 Å². The molecule has 0 radical (unpaired) electrons. The predicted octanol–water partition coefficient (Wildman–Crippen LogP) is 2.70. The van der Waals surface area contributed by atoms with Crippen LogP contribution in [0.15, 0.2) is 60.7 Å². The number of carbonyl (C=O) groups is 1. The van der Waals surface area contributed by atoms with Crippen molar-refractivity contribution >= 4 is 27.0 Å². The summed E-state index contributed by atoms with van der Waals surface area (Å²) < 4.78 is 24.0. The number of hydrogen-bond donors (Lipinski definition) is 1. The van der Waals surface area contributed by atoms with Crippen molar-refractivity contribution in [1.29, 1.82) is 0 Å². The van der Waals surface area contributed by atoms with Crippen LogP contribution in [0.4, 0.5) is 5.69 Å². The van der Waals surface area contributed by atoms with Crippen molar-refractivity contribution in [3.8, 4) is 5.75 Å². The van der Waals surface area contributed by atoms with Crippen molar-refractivity contribution in [2.24, 2.45) is 0 Å². The van der Waals surface area contributed by atoms with Crippen molar-refractivity contribution in [3.05, 3.63) is 66.2 Å². The summed E-state index contributed by atoms with van der Waals surface area (Å²) in [5.41, 5.74) is 3.04. The van der Waals surface area contributed by atoms with Gasteiger partial charge in [-0.05, 0) is 48.2 Å². The summed E-state index contributed by atoms with van der Waals surface area (Å²) in [7, 11) is -3.09. The third kappa shape index (κ3) is 4.74. The number of amides is 1.